The Morgan fingerprint density at radius 2 is 2.17 bits per heavy atom. The number of carbonyl (C=O) groups excluding carboxylic acids is 2. The minimum absolute atomic E-state index is 0.116. The van der Waals surface area contributed by atoms with Gasteiger partial charge in [-0.25, -0.2) is 9.78 Å². The molecule has 1 aromatic carbocycles. The standard InChI is InChI=1S/C24H27N7O4/c1-15-17(4-5-18-19(15)11-35-23(18)34)21(32)10-30-8-7-24(2,13-30)12-26-22(33)20-6-3-16(9-25-20)31-14-27-28-29-31/h3-6,9,14,21,32H,7-8,10-13H2,1-2H3,(H,26,33)/t21-,24-/m0/s1. The Balaban J connectivity index is 1.15. The van der Waals surface area contributed by atoms with Gasteiger partial charge in [-0.15, -0.1) is 5.10 Å². The van der Waals surface area contributed by atoms with Gasteiger partial charge in [0.2, 0.25) is 0 Å². The smallest absolute Gasteiger partial charge is 0.338 e. The van der Waals surface area contributed by atoms with Crippen molar-refractivity contribution in [3.05, 3.63) is 64.7 Å². The SMILES string of the molecule is Cc1c([C@@H](O)CN2CC[C@@](C)(CNC(=O)c3ccc(-n4cnnn4)cn3)C2)ccc2c1COC2=O. The summed E-state index contributed by atoms with van der Waals surface area (Å²) < 4.78 is 6.59. The van der Waals surface area contributed by atoms with Gasteiger partial charge in [-0.05, 0) is 65.1 Å². The summed E-state index contributed by atoms with van der Waals surface area (Å²) in [6.45, 7) is 6.89. The van der Waals surface area contributed by atoms with E-state index in [0.29, 0.717) is 30.0 Å². The van der Waals surface area contributed by atoms with Gasteiger partial charge in [-0.3, -0.25) is 9.69 Å². The van der Waals surface area contributed by atoms with Crippen LogP contribution < -0.4 is 5.32 Å². The van der Waals surface area contributed by atoms with Crippen molar-refractivity contribution in [1.29, 1.82) is 0 Å². The molecule has 1 saturated heterocycles. The highest BCUT2D eigenvalue weighted by atomic mass is 16.5. The maximum atomic E-state index is 12.6. The molecular formula is C24H27N7O4. The second-order valence-electron chi connectivity index (χ2n) is 9.53. The van der Waals surface area contributed by atoms with Crippen LogP contribution in [0.15, 0.2) is 36.8 Å². The number of likely N-dealkylation sites (tertiary alicyclic amines) is 1. The molecule has 182 valence electrons. The molecule has 2 N–H and O–H groups in total. The largest absolute Gasteiger partial charge is 0.457 e. The number of amides is 1. The third-order valence-electron chi connectivity index (χ3n) is 6.90. The van der Waals surface area contributed by atoms with Crippen molar-refractivity contribution < 1.29 is 19.4 Å². The molecule has 2 aliphatic heterocycles. The summed E-state index contributed by atoms with van der Waals surface area (Å²) in [7, 11) is 0. The van der Waals surface area contributed by atoms with Crippen molar-refractivity contribution in [2.75, 3.05) is 26.2 Å². The lowest BCUT2D eigenvalue weighted by Crippen LogP contribution is -2.38. The van der Waals surface area contributed by atoms with Gasteiger partial charge in [0.1, 0.15) is 18.6 Å². The van der Waals surface area contributed by atoms with Gasteiger partial charge in [-0.1, -0.05) is 13.0 Å². The van der Waals surface area contributed by atoms with Gasteiger partial charge in [0.25, 0.3) is 5.91 Å². The topological polar surface area (TPSA) is 135 Å². The monoisotopic (exact) mass is 477 g/mol. The number of nitrogens with one attached hydrogen (secondary N) is 1. The zero-order valence-electron chi connectivity index (χ0n) is 19.6. The van der Waals surface area contributed by atoms with Crippen LogP contribution in [0.3, 0.4) is 0 Å². The number of pyridine rings is 1. The Kier molecular flexibility index (Phi) is 6.03. The number of hydrogen-bond acceptors (Lipinski definition) is 9. The molecule has 1 amide bonds. The number of nitrogens with zero attached hydrogens (tertiary/aromatic N) is 6. The number of ether oxygens (including phenoxy) is 1. The van der Waals surface area contributed by atoms with E-state index in [1.807, 2.05) is 13.0 Å². The molecule has 35 heavy (non-hydrogen) atoms. The molecule has 3 aromatic rings. The first kappa shape index (κ1) is 23.1. The molecular weight excluding hydrogens is 450 g/mol. The van der Waals surface area contributed by atoms with Crippen LogP contribution in [0.4, 0.5) is 0 Å². The average Bonchev–Trinajstić information content (AvgIpc) is 3.60. The Morgan fingerprint density at radius 3 is 2.91 bits per heavy atom. The second kappa shape index (κ2) is 9.16. The second-order valence-corrected chi connectivity index (χ2v) is 9.53. The molecule has 2 atom stereocenters. The van der Waals surface area contributed by atoms with Crippen molar-refractivity contribution >= 4 is 11.9 Å². The minimum Gasteiger partial charge on any atom is -0.457 e. The number of β-amino-alcohol motifs (C(OH)–C–C–N with tert-alkyl or cyclic N) is 1. The van der Waals surface area contributed by atoms with Crippen molar-refractivity contribution in [2.24, 2.45) is 5.41 Å². The summed E-state index contributed by atoms with van der Waals surface area (Å²) >= 11 is 0. The fourth-order valence-corrected chi connectivity index (χ4v) is 4.82. The zero-order valence-corrected chi connectivity index (χ0v) is 19.6. The van der Waals surface area contributed by atoms with Crippen LogP contribution in [-0.4, -0.2) is 73.3 Å². The molecule has 1 fully saturated rings. The first-order valence-corrected chi connectivity index (χ1v) is 11.5. The van der Waals surface area contributed by atoms with E-state index in [-0.39, 0.29) is 23.9 Å². The van der Waals surface area contributed by atoms with Crippen molar-refractivity contribution in [2.45, 2.75) is 33.0 Å². The quantitative estimate of drug-likeness (QED) is 0.481. The number of esters is 1. The number of aromatic nitrogens is 5. The lowest BCUT2D eigenvalue weighted by Gasteiger charge is -2.26. The van der Waals surface area contributed by atoms with Gasteiger partial charge >= 0.3 is 5.97 Å². The summed E-state index contributed by atoms with van der Waals surface area (Å²) in [4.78, 5) is 30.8. The van der Waals surface area contributed by atoms with Gasteiger partial charge in [0.05, 0.1) is 23.6 Å². The van der Waals surface area contributed by atoms with Crippen LogP contribution in [-0.2, 0) is 11.3 Å². The third kappa shape index (κ3) is 4.64. The van der Waals surface area contributed by atoms with E-state index in [1.54, 1.807) is 24.4 Å². The van der Waals surface area contributed by atoms with Crippen LogP contribution in [0, 0.1) is 12.3 Å². The Hall–Kier alpha value is -3.70. The number of hydrogen-bond donors (Lipinski definition) is 2. The van der Waals surface area contributed by atoms with Crippen molar-refractivity contribution in [1.82, 2.24) is 35.4 Å². The lowest BCUT2D eigenvalue weighted by molar-refractivity contribution is 0.0534. The van der Waals surface area contributed by atoms with Crippen molar-refractivity contribution in [3.63, 3.8) is 0 Å². The highest BCUT2D eigenvalue weighted by molar-refractivity contribution is 5.94. The minimum atomic E-state index is -0.671. The first-order valence-electron chi connectivity index (χ1n) is 11.5. The molecule has 2 aromatic heterocycles. The molecule has 0 bridgehead atoms. The molecule has 11 heteroatoms. The van der Waals surface area contributed by atoms with E-state index in [0.717, 1.165) is 36.2 Å². The van der Waals surface area contributed by atoms with Gasteiger partial charge in [0.15, 0.2) is 0 Å². The summed E-state index contributed by atoms with van der Waals surface area (Å²) in [6, 6.07) is 6.94. The summed E-state index contributed by atoms with van der Waals surface area (Å²) in [6.07, 6.45) is 3.24. The van der Waals surface area contributed by atoms with Crippen LogP contribution in [0.5, 0.6) is 0 Å². The highest BCUT2D eigenvalue weighted by Crippen LogP contribution is 2.33. The lowest BCUT2D eigenvalue weighted by atomic mass is 9.89. The molecule has 5 rings (SSSR count). The maximum Gasteiger partial charge on any atom is 0.338 e. The van der Waals surface area contributed by atoms with E-state index < -0.39 is 6.10 Å². The molecule has 0 aliphatic carbocycles. The van der Waals surface area contributed by atoms with E-state index in [1.165, 1.54) is 11.0 Å². The number of tetrazole rings is 1. The first-order chi connectivity index (χ1) is 16.8. The van der Waals surface area contributed by atoms with Crippen molar-refractivity contribution in [3.8, 4) is 5.69 Å². The van der Waals surface area contributed by atoms with E-state index >= 15 is 0 Å². The predicted molar refractivity (Wildman–Crippen MR) is 124 cm³/mol. The van der Waals surface area contributed by atoms with Crippen LogP contribution in [0.2, 0.25) is 0 Å². The number of aliphatic hydroxyl groups is 1. The number of fused-ring (bicyclic) bond motifs is 1. The fourth-order valence-electron chi connectivity index (χ4n) is 4.82. The molecule has 0 unspecified atom stereocenters. The average molecular weight is 478 g/mol. The summed E-state index contributed by atoms with van der Waals surface area (Å²) in [5, 5.41) is 24.9. The number of cyclic esters (lactones) is 1. The number of aliphatic hydroxyl groups excluding tert-OH is 1. The van der Waals surface area contributed by atoms with Crippen LogP contribution in [0.25, 0.3) is 5.69 Å². The Labute approximate surface area is 202 Å². The normalized spacial score (nSPS) is 20.5. The fraction of sp³-hybridized carbons (Fsp3) is 0.417. The molecule has 0 spiro atoms. The predicted octanol–water partition coefficient (Wildman–Crippen LogP) is 1.21. The Bertz CT molecular complexity index is 1250. The van der Waals surface area contributed by atoms with Gasteiger partial charge < -0.3 is 15.2 Å². The van der Waals surface area contributed by atoms with E-state index in [2.05, 4.69) is 37.6 Å². The van der Waals surface area contributed by atoms with Crippen LogP contribution in [0.1, 0.15) is 57.0 Å². The van der Waals surface area contributed by atoms with Crippen LogP contribution >= 0.6 is 0 Å². The third-order valence-corrected chi connectivity index (χ3v) is 6.90. The summed E-state index contributed by atoms with van der Waals surface area (Å²) in [5.41, 5.74) is 4.05. The Morgan fingerprint density at radius 1 is 1.31 bits per heavy atom. The van der Waals surface area contributed by atoms with E-state index in [4.69, 9.17) is 4.74 Å². The molecule has 4 heterocycles. The van der Waals surface area contributed by atoms with Gasteiger partial charge in [0, 0.05) is 25.2 Å². The number of benzene rings is 1. The van der Waals surface area contributed by atoms with E-state index in [9.17, 15) is 14.7 Å². The molecule has 0 radical (unpaired) electrons. The maximum absolute atomic E-state index is 12.6. The number of rotatable bonds is 7. The molecule has 2 aliphatic rings. The highest BCUT2D eigenvalue weighted by Gasteiger charge is 2.35. The molecule has 0 saturated carbocycles. The number of carbonyl (C=O) groups is 2. The van der Waals surface area contributed by atoms with Gasteiger partial charge in [-0.2, -0.15) is 4.68 Å². The summed E-state index contributed by atoms with van der Waals surface area (Å²) in [5.74, 6) is -0.543. The molecule has 11 nitrogen and oxygen atoms in total. The zero-order chi connectivity index (χ0) is 24.6.